The zero-order valence-corrected chi connectivity index (χ0v) is 11.9. The van der Waals surface area contributed by atoms with Crippen LogP contribution < -0.4 is 13.7 Å². The van der Waals surface area contributed by atoms with Gasteiger partial charge in [-0.15, -0.1) is 0 Å². The molecule has 0 fully saturated rings. The minimum Gasteiger partial charge on any atom is -0.493 e. The summed E-state index contributed by atoms with van der Waals surface area (Å²) in [6, 6.07) is 12.6. The van der Waals surface area contributed by atoms with Crippen LogP contribution in [0.2, 0.25) is 0 Å². The average molecular weight is 294 g/mol. The molecule has 0 aliphatic heterocycles. The Morgan fingerprint density at radius 2 is 1.50 bits per heavy atom. The van der Waals surface area contributed by atoms with Crippen LogP contribution in [0.5, 0.6) is 17.2 Å². The molecule has 2 rings (SSSR count). The van der Waals surface area contributed by atoms with Crippen molar-refractivity contribution in [3.05, 3.63) is 48.5 Å². The van der Waals surface area contributed by atoms with E-state index in [-0.39, 0.29) is 10.6 Å². The number of benzene rings is 2. The normalized spacial score (nSPS) is 10.9. The second kappa shape index (κ2) is 5.83. The first kappa shape index (κ1) is 14.2. The van der Waals surface area contributed by atoms with Crippen LogP contribution >= 0.6 is 0 Å². The molecular formula is C14H14O5S. The second-order valence-corrected chi connectivity index (χ2v) is 5.41. The summed E-state index contributed by atoms with van der Waals surface area (Å²) in [5.41, 5.74) is 0. The van der Waals surface area contributed by atoms with Crippen molar-refractivity contribution < 1.29 is 22.1 Å². The lowest BCUT2D eigenvalue weighted by molar-refractivity contribution is 0.353. The van der Waals surface area contributed by atoms with Crippen molar-refractivity contribution in [3.8, 4) is 17.2 Å². The Morgan fingerprint density at radius 1 is 0.850 bits per heavy atom. The number of ether oxygens (including phenoxy) is 2. The van der Waals surface area contributed by atoms with Gasteiger partial charge < -0.3 is 13.7 Å². The maximum absolute atomic E-state index is 12.2. The van der Waals surface area contributed by atoms with Crippen molar-refractivity contribution in [2.24, 2.45) is 0 Å². The molecule has 0 aliphatic carbocycles. The van der Waals surface area contributed by atoms with Gasteiger partial charge in [-0.3, -0.25) is 0 Å². The molecule has 5 nitrogen and oxygen atoms in total. The molecule has 2 aromatic rings. The molecule has 0 saturated carbocycles. The quantitative estimate of drug-likeness (QED) is 0.793. The molecule has 0 N–H and O–H groups in total. The molecule has 0 unspecified atom stereocenters. The third-order valence-corrected chi connectivity index (χ3v) is 3.84. The molecule has 6 heteroatoms. The first-order chi connectivity index (χ1) is 9.56. The topological polar surface area (TPSA) is 61.8 Å². The predicted octanol–water partition coefficient (Wildman–Crippen LogP) is 2.47. The minimum absolute atomic E-state index is 0.000923. The Morgan fingerprint density at radius 3 is 2.10 bits per heavy atom. The predicted molar refractivity (Wildman–Crippen MR) is 73.8 cm³/mol. The summed E-state index contributed by atoms with van der Waals surface area (Å²) in [5, 5.41) is 0. The molecule has 0 aliphatic rings. The van der Waals surface area contributed by atoms with Crippen molar-refractivity contribution in [1.29, 1.82) is 0 Å². The molecule has 0 radical (unpaired) electrons. The highest BCUT2D eigenvalue weighted by atomic mass is 32.2. The first-order valence-electron chi connectivity index (χ1n) is 5.78. The van der Waals surface area contributed by atoms with Gasteiger partial charge in [0.05, 0.1) is 14.2 Å². The van der Waals surface area contributed by atoms with Crippen LogP contribution in [-0.4, -0.2) is 22.6 Å². The van der Waals surface area contributed by atoms with Crippen LogP contribution in [0, 0.1) is 0 Å². The molecule has 106 valence electrons. The molecule has 20 heavy (non-hydrogen) atoms. The maximum Gasteiger partial charge on any atom is 0.339 e. The van der Waals surface area contributed by atoms with Gasteiger partial charge in [-0.1, -0.05) is 18.2 Å². The third kappa shape index (κ3) is 3.03. The second-order valence-electron chi connectivity index (χ2n) is 3.87. The molecule has 2 aromatic carbocycles. The molecular weight excluding hydrogens is 280 g/mol. The summed E-state index contributed by atoms with van der Waals surface area (Å²) < 4.78 is 39.5. The number of methoxy groups -OCH3 is 2. The molecule has 0 saturated heterocycles. The van der Waals surface area contributed by atoms with Gasteiger partial charge in [-0.05, 0) is 24.3 Å². The standard InChI is InChI=1S/C14H14O5S/c1-17-13-9-8-12(10-14(13)18-2)20(15,16)19-11-6-4-3-5-7-11/h3-10H,1-2H3. The molecule has 0 aromatic heterocycles. The summed E-state index contributed by atoms with van der Waals surface area (Å²) in [6.45, 7) is 0. The smallest absolute Gasteiger partial charge is 0.339 e. The molecule has 0 heterocycles. The van der Waals surface area contributed by atoms with Crippen LogP contribution in [0.1, 0.15) is 0 Å². The van der Waals surface area contributed by atoms with E-state index in [4.69, 9.17) is 13.7 Å². The highest BCUT2D eigenvalue weighted by Gasteiger charge is 2.19. The zero-order chi connectivity index (χ0) is 14.6. The Labute approximate surface area is 117 Å². The Bertz CT molecular complexity index is 680. The van der Waals surface area contributed by atoms with Crippen molar-refractivity contribution in [2.45, 2.75) is 4.90 Å². The van der Waals surface area contributed by atoms with E-state index in [1.54, 1.807) is 30.3 Å². The van der Waals surface area contributed by atoms with Gasteiger partial charge in [0.15, 0.2) is 11.5 Å². The largest absolute Gasteiger partial charge is 0.493 e. The van der Waals surface area contributed by atoms with E-state index in [2.05, 4.69) is 0 Å². The van der Waals surface area contributed by atoms with Crippen molar-refractivity contribution in [2.75, 3.05) is 14.2 Å². The number of hydrogen-bond donors (Lipinski definition) is 0. The molecule has 0 atom stereocenters. The fourth-order valence-corrected chi connectivity index (χ4v) is 2.57. The van der Waals surface area contributed by atoms with Gasteiger partial charge in [0.25, 0.3) is 0 Å². The SMILES string of the molecule is COc1ccc(S(=O)(=O)Oc2ccccc2)cc1OC. The lowest BCUT2D eigenvalue weighted by Crippen LogP contribution is -2.10. The van der Waals surface area contributed by atoms with E-state index >= 15 is 0 Å². The van der Waals surface area contributed by atoms with E-state index in [0.717, 1.165) is 0 Å². The van der Waals surface area contributed by atoms with Crippen molar-refractivity contribution >= 4 is 10.1 Å². The summed E-state index contributed by atoms with van der Waals surface area (Å²) in [6.07, 6.45) is 0. The van der Waals surface area contributed by atoms with Gasteiger partial charge in [-0.25, -0.2) is 0 Å². The summed E-state index contributed by atoms with van der Waals surface area (Å²) >= 11 is 0. The van der Waals surface area contributed by atoms with Crippen LogP contribution in [0.15, 0.2) is 53.4 Å². The van der Waals surface area contributed by atoms with Gasteiger partial charge in [-0.2, -0.15) is 8.42 Å². The van der Waals surface area contributed by atoms with Crippen LogP contribution in [-0.2, 0) is 10.1 Å². The molecule has 0 bridgehead atoms. The van der Waals surface area contributed by atoms with Gasteiger partial charge in [0, 0.05) is 6.07 Å². The average Bonchev–Trinajstić information content (AvgIpc) is 2.47. The van der Waals surface area contributed by atoms with Crippen molar-refractivity contribution in [3.63, 3.8) is 0 Å². The number of para-hydroxylation sites is 1. The lowest BCUT2D eigenvalue weighted by atomic mass is 10.3. The van der Waals surface area contributed by atoms with E-state index in [9.17, 15) is 8.42 Å². The zero-order valence-electron chi connectivity index (χ0n) is 11.1. The summed E-state index contributed by atoms with van der Waals surface area (Å²) in [7, 11) is -0.991. The van der Waals surface area contributed by atoms with Crippen molar-refractivity contribution in [1.82, 2.24) is 0 Å². The fraction of sp³-hybridized carbons (Fsp3) is 0.143. The Hall–Kier alpha value is -2.21. The van der Waals surface area contributed by atoms with E-state index in [1.807, 2.05) is 0 Å². The Kier molecular flexibility index (Phi) is 4.14. The van der Waals surface area contributed by atoms with Gasteiger partial charge in [0.1, 0.15) is 10.6 Å². The van der Waals surface area contributed by atoms with E-state index in [0.29, 0.717) is 11.5 Å². The minimum atomic E-state index is -3.91. The molecule has 0 spiro atoms. The Balaban J connectivity index is 2.35. The summed E-state index contributed by atoms with van der Waals surface area (Å²) in [4.78, 5) is -0.000923. The highest BCUT2D eigenvalue weighted by molar-refractivity contribution is 7.87. The summed E-state index contributed by atoms with van der Waals surface area (Å²) in [5.74, 6) is 1.03. The monoisotopic (exact) mass is 294 g/mol. The van der Waals surface area contributed by atoms with Gasteiger partial charge in [0.2, 0.25) is 0 Å². The van der Waals surface area contributed by atoms with Crippen LogP contribution in [0.25, 0.3) is 0 Å². The van der Waals surface area contributed by atoms with Crippen LogP contribution in [0.3, 0.4) is 0 Å². The van der Waals surface area contributed by atoms with E-state index in [1.165, 1.54) is 32.4 Å². The van der Waals surface area contributed by atoms with Gasteiger partial charge >= 0.3 is 10.1 Å². The molecule has 0 amide bonds. The third-order valence-electron chi connectivity index (χ3n) is 2.59. The van der Waals surface area contributed by atoms with Crippen LogP contribution in [0.4, 0.5) is 0 Å². The number of hydrogen-bond acceptors (Lipinski definition) is 5. The highest BCUT2D eigenvalue weighted by Crippen LogP contribution is 2.30. The lowest BCUT2D eigenvalue weighted by Gasteiger charge is -2.10. The fourth-order valence-electron chi connectivity index (χ4n) is 1.62. The number of rotatable bonds is 5. The first-order valence-corrected chi connectivity index (χ1v) is 7.19. The maximum atomic E-state index is 12.2. The van der Waals surface area contributed by atoms with E-state index < -0.39 is 10.1 Å².